The molecule has 0 bridgehead atoms. The number of anilines is 1. The van der Waals surface area contributed by atoms with Gasteiger partial charge in [-0.05, 0) is 60.4 Å². The summed E-state index contributed by atoms with van der Waals surface area (Å²) >= 11 is 3.45. The van der Waals surface area contributed by atoms with Crippen molar-refractivity contribution in [1.29, 1.82) is 0 Å². The number of allylic oxidation sites excluding steroid dienone is 2. The predicted molar refractivity (Wildman–Crippen MR) is 177 cm³/mol. The summed E-state index contributed by atoms with van der Waals surface area (Å²) in [5.74, 6) is 0.465. The highest BCUT2D eigenvalue weighted by atomic mass is 32.2. The van der Waals surface area contributed by atoms with Gasteiger partial charge in [-0.1, -0.05) is 78.6 Å². The van der Waals surface area contributed by atoms with E-state index in [0.717, 1.165) is 39.5 Å². The lowest BCUT2D eigenvalue weighted by Gasteiger charge is -2.18. The Balaban J connectivity index is 1.46. The molecular formula is C33H35N2O4S3+. The fourth-order valence-electron chi connectivity index (χ4n) is 4.93. The van der Waals surface area contributed by atoms with Gasteiger partial charge in [0.2, 0.25) is 5.52 Å². The molecule has 0 saturated carbocycles. The maximum atomic E-state index is 11.4. The molecule has 0 saturated heterocycles. The van der Waals surface area contributed by atoms with Crippen LogP contribution in [0.5, 0.6) is 5.75 Å². The summed E-state index contributed by atoms with van der Waals surface area (Å²) in [5.41, 5.74) is 5.71. The Kier molecular flexibility index (Phi) is 9.53. The van der Waals surface area contributed by atoms with Crippen molar-refractivity contribution in [3.63, 3.8) is 0 Å². The Morgan fingerprint density at radius 3 is 2.52 bits per heavy atom. The number of fused-ring (bicyclic) bond motifs is 2. The molecule has 1 N–H and O–H groups in total. The largest absolute Gasteiger partial charge is 0.497 e. The number of thioether (sulfide) groups is 1. The van der Waals surface area contributed by atoms with Gasteiger partial charge in [0.25, 0.3) is 15.1 Å². The van der Waals surface area contributed by atoms with Crippen LogP contribution in [0.1, 0.15) is 42.8 Å². The summed E-state index contributed by atoms with van der Waals surface area (Å²) in [6.45, 7) is 5.64. The first-order valence-corrected chi connectivity index (χ1v) is 17.2. The second-order valence-electron chi connectivity index (χ2n) is 9.94. The second-order valence-corrected chi connectivity index (χ2v) is 13.6. The number of hydrogen-bond donors (Lipinski definition) is 1. The number of hydrogen-bond acceptors (Lipinski definition) is 6. The Hall–Kier alpha value is -3.37. The number of aromatic nitrogens is 1. The van der Waals surface area contributed by atoms with E-state index in [1.165, 1.54) is 26.7 Å². The van der Waals surface area contributed by atoms with Gasteiger partial charge in [-0.3, -0.25) is 4.55 Å². The van der Waals surface area contributed by atoms with Crippen molar-refractivity contribution in [3.05, 3.63) is 99.5 Å². The van der Waals surface area contributed by atoms with E-state index in [1.807, 2.05) is 36.4 Å². The van der Waals surface area contributed by atoms with Crippen LogP contribution >= 0.6 is 23.1 Å². The van der Waals surface area contributed by atoms with Gasteiger partial charge in [-0.2, -0.15) is 13.0 Å². The van der Waals surface area contributed by atoms with E-state index in [1.54, 1.807) is 30.2 Å². The fourth-order valence-corrected chi connectivity index (χ4v) is 7.75. The number of rotatable bonds is 11. The van der Waals surface area contributed by atoms with E-state index >= 15 is 0 Å². The number of methoxy groups -OCH3 is 1. The fraction of sp³-hybridized carbons (Fsp3) is 0.242. The number of ether oxygens (including phenoxy) is 1. The summed E-state index contributed by atoms with van der Waals surface area (Å²) in [6, 6.07) is 22.9. The van der Waals surface area contributed by atoms with E-state index in [9.17, 15) is 13.0 Å². The lowest BCUT2D eigenvalue weighted by molar-refractivity contribution is -0.668. The van der Waals surface area contributed by atoms with Crippen molar-refractivity contribution < 1.29 is 22.3 Å². The molecule has 5 rings (SSSR count). The number of benzene rings is 3. The van der Waals surface area contributed by atoms with E-state index in [0.29, 0.717) is 13.0 Å². The lowest BCUT2D eigenvalue weighted by Crippen LogP contribution is -2.36. The van der Waals surface area contributed by atoms with Crippen LogP contribution in [0.15, 0.2) is 88.3 Å². The van der Waals surface area contributed by atoms with Crippen LogP contribution in [0.3, 0.4) is 0 Å². The maximum Gasteiger partial charge on any atom is 0.265 e. The highest BCUT2D eigenvalue weighted by molar-refractivity contribution is 8.03. The van der Waals surface area contributed by atoms with Crippen molar-refractivity contribution >= 4 is 67.3 Å². The van der Waals surface area contributed by atoms with Crippen LogP contribution in [-0.4, -0.2) is 32.4 Å². The Morgan fingerprint density at radius 2 is 1.81 bits per heavy atom. The first kappa shape index (κ1) is 30.1. The van der Waals surface area contributed by atoms with Crippen LogP contribution in [-0.2, 0) is 16.7 Å². The average Bonchev–Trinajstić information content (AvgIpc) is 3.51. The first-order valence-electron chi connectivity index (χ1n) is 14.0. The SMILES string of the molecule is CCC(=Cc1sc2ccc(OC)cc2[n+]1CCCS(=O)(=O)O)C=C1Sc2ccc(C=Cc3ccccc3)cc2N1CC. The van der Waals surface area contributed by atoms with E-state index in [-0.39, 0.29) is 5.75 Å². The molecule has 2 heterocycles. The van der Waals surface area contributed by atoms with Gasteiger partial charge in [0.1, 0.15) is 10.4 Å². The molecule has 9 heteroatoms. The first-order chi connectivity index (χ1) is 20.3. The molecule has 1 aromatic heterocycles. The molecule has 0 unspecified atom stereocenters. The van der Waals surface area contributed by atoms with Crippen molar-refractivity contribution in [2.45, 2.75) is 38.1 Å². The highest BCUT2D eigenvalue weighted by Crippen LogP contribution is 2.47. The summed E-state index contributed by atoms with van der Waals surface area (Å²) in [7, 11) is -2.39. The zero-order chi connectivity index (χ0) is 29.7. The van der Waals surface area contributed by atoms with Gasteiger partial charge in [0.15, 0.2) is 6.54 Å². The molecule has 3 aromatic carbocycles. The summed E-state index contributed by atoms with van der Waals surface area (Å²) in [4.78, 5) is 3.60. The molecule has 4 aromatic rings. The number of thiazole rings is 1. The minimum Gasteiger partial charge on any atom is -0.497 e. The standard InChI is InChI=1S/C33H34N2O4S3/c1-4-24(22-33-35(18-9-19-42(36,37)38)29-23-27(39-3)15-17-31(29)41-33)21-32-34(5-2)28-20-26(14-16-30(28)40-32)13-12-25-10-7-6-8-11-25/h6-8,10-17,20-23H,4-5,9,18-19H2,1-3H3/p+1. The predicted octanol–water partition coefficient (Wildman–Crippen LogP) is 7.91. The molecule has 218 valence electrons. The molecule has 0 fully saturated rings. The van der Waals surface area contributed by atoms with Gasteiger partial charge >= 0.3 is 0 Å². The molecule has 0 atom stereocenters. The summed E-state index contributed by atoms with van der Waals surface area (Å²) in [6.07, 6.45) is 9.91. The summed E-state index contributed by atoms with van der Waals surface area (Å²) in [5, 5.41) is 2.21. The Morgan fingerprint density at radius 1 is 1.02 bits per heavy atom. The van der Waals surface area contributed by atoms with Crippen molar-refractivity contribution in [3.8, 4) is 5.75 Å². The number of nitrogens with zero attached hydrogens (tertiary/aromatic N) is 2. The van der Waals surface area contributed by atoms with Crippen LogP contribution in [0.4, 0.5) is 5.69 Å². The van der Waals surface area contributed by atoms with E-state index < -0.39 is 10.1 Å². The Labute approximate surface area is 256 Å². The minimum absolute atomic E-state index is 0.280. The zero-order valence-corrected chi connectivity index (χ0v) is 26.4. The Bertz CT molecular complexity index is 1770. The van der Waals surface area contributed by atoms with Crippen LogP contribution in [0.25, 0.3) is 28.4 Å². The smallest absolute Gasteiger partial charge is 0.265 e. The van der Waals surface area contributed by atoms with Gasteiger partial charge in [0, 0.05) is 23.9 Å². The normalized spacial score (nSPS) is 14.8. The van der Waals surface area contributed by atoms with Crippen molar-refractivity contribution in [2.24, 2.45) is 0 Å². The van der Waals surface area contributed by atoms with Gasteiger partial charge in [0.05, 0.1) is 29.6 Å². The summed E-state index contributed by atoms with van der Waals surface area (Å²) < 4.78 is 40.8. The minimum atomic E-state index is -4.03. The number of aryl methyl sites for hydroxylation is 1. The molecule has 6 nitrogen and oxygen atoms in total. The zero-order valence-electron chi connectivity index (χ0n) is 24.0. The topological polar surface area (TPSA) is 70.7 Å². The van der Waals surface area contributed by atoms with Gasteiger partial charge in [-0.15, -0.1) is 0 Å². The molecule has 0 aliphatic carbocycles. The average molecular weight is 620 g/mol. The van der Waals surface area contributed by atoms with Crippen molar-refractivity contribution in [1.82, 2.24) is 0 Å². The molecule has 0 spiro atoms. The van der Waals surface area contributed by atoms with Gasteiger partial charge < -0.3 is 9.64 Å². The molecule has 1 aliphatic heterocycles. The maximum absolute atomic E-state index is 11.4. The monoisotopic (exact) mass is 619 g/mol. The third kappa shape index (κ3) is 7.15. The second kappa shape index (κ2) is 13.3. The molecule has 0 amide bonds. The van der Waals surface area contributed by atoms with Crippen LogP contribution in [0, 0.1) is 0 Å². The third-order valence-electron chi connectivity index (χ3n) is 7.09. The van der Waals surface area contributed by atoms with E-state index in [4.69, 9.17) is 4.74 Å². The van der Waals surface area contributed by atoms with E-state index in [2.05, 4.69) is 78.0 Å². The quantitative estimate of drug-likeness (QED) is 0.105. The lowest BCUT2D eigenvalue weighted by atomic mass is 10.1. The van der Waals surface area contributed by atoms with Gasteiger partial charge in [-0.25, -0.2) is 0 Å². The highest BCUT2D eigenvalue weighted by Gasteiger charge is 2.25. The molecular weight excluding hydrogens is 585 g/mol. The van der Waals surface area contributed by atoms with Crippen LogP contribution in [0.2, 0.25) is 0 Å². The molecule has 0 radical (unpaired) electrons. The van der Waals surface area contributed by atoms with Crippen LogP contribution < -0.4 is 14.2 Å². The van der Waals surface area contributed by atoms with Crippen molar-refractivity contribution in [2.75, 3.05) is 24.3 Å². The third-order valence-corrected chi connectivity index (χ3v) is 10.1. The molecule has 1 aliphatic rings. The molecule has 42 heavy (non-hydrogen) atoms.